The van der Waals surface area contributed by atoms with E-state index in [2.05, 4.69) is 5.32 Å². The van der Waals surface area contributed by atoms with Crippen LogP contribution >= 0.6 is 0 Å². The van der Waals surface area contributed by atoms with E-state index in [1.165, 1.54) is 0 Å². The van der Waals surface area contributed by atoms with Gasteiger partial charge in [0.15, 0.2) is 0 Å². The number of hydrogen-bond acceptors (Lipinski definition) is 2. The van der Waals surface area contributed by atoms with Crippen molar-refractivity contribution in [2.45, 2.75) is 20.3 Å². The molecule has 0 spiro atoms. The second-order valence-electron chi connectivity index (χ2n) is 3.34. The molecule has 88 valence electrons. The van der Waals surface area contributed by atoms with Gasteiger partial charge in [-0.1, -0.05) is 13.8 Å². The average molecular weight is 221 g/mol. The maximum Gasteiger partial charge on any atom is 0.321 e. The molecule has 3 N–H and O–H groups in total. The van der Waals surface area contributed by atoms with Crippen molar-refractivity contribution in [2.75, 3.05) is 24.2 Å². The first kappa shape index (κ1) is 12.4. The number of fused-ring (bicyclic) bond motifs is 1. The standard InChI is InChI=1S/C10H13N3O.C2H6/c1-12-10(14)13-5-4-7-6-8(11)2-3-9(7)13;1-2/h2-3,6H,4-5,11H2,1H3,(H,12,14);1-2H3. The molecule has 0 aliphatic carbocycles. The van der Waals surface area contributed by atoms with Crippen LogP contribution in [0, 0.1) is 0 Å². The summed E-state index contributed by atoms with van der Waals surface area (Å²) in [5.41, 5.74) is 8.54. The van der Waals surface area contributed by atoms with E-state index < -0.39 is 0 Å². The largest absolute Gasteiger partial charge is 0.399 e. The molecule has 0 saturated carbocycles. The van der Waals surface area contributed by atoms with E-state index in [0.717, 1.165) is 29.9 Å². The summed E-state index contributed by atoms with van der Waals surface area (Å²) in [5, 5.41) is 2.62. The summed E-state index contributed by atoms with van der Waals surface area (Å²) in [4.78, 5) is 13.2. The number of carbonyl (C=O) groups is 1. The number of amides is 2. The van der Waals surface area contributed by atoms with Crippen molar-refractivity contribution in [3.63, 3.8) is 0 Å². The molecule has 1 aliphatic heterocycles. The summed E-state index contributed by atoms with van der Waals surface area (Å²) >= 11 is 0. The zero-order valence-corrected chi connectivity index (χ0v) is 10.1. The van der Waals surface area contributed by atoms with Crippen molar-refractivity contribution >= 4 is 17.4 Å². The van der Waals surface area contributed by atoms with Crippen LogP contribution in [0.4, 0.5) is 16.2 Å². The summed E-state index contributed by atoms with van der Waals surface area (Å²) in [6, 6.07) is 5.58. The highest BCUT2D eigenvalue weighted by atomic mass is 16.2. The Bertz CT molecular complexity index is 377. The minimum Gasteiger partial charge on any atom is -0.399 e. The fraction of sp³-hybridized carbons (Fsp3) is 0.417. The van der Waals surface area contributed by atoms with Gasteiger partial charge in [0, 0.05) is 25.0 Å². The number of nitrogens with zero attached hydrogens (tertiary/aromatic N) is 1. The van der Waals surface area contributed by atoms with Crippen molar-refractivity contribution in [1.29, 1.82) is 0 Å². The van der Waals surface area contributed by atoms with Crippen molar-refractivity contribution in [2.24, 2.45) is 0 Å². The van der Waals surface area contributed by atoms with Gasteiger partial charge in [0.2, 0.25) is 0 Å². The van der Waals surface area contributed by atoms with E-state index in [-0.39, 0.29) is 6.03 Å². The Labute approximate surface area is 96.4 Å². The second kappa shape index (κ2) is 5.39. The Morgan fingerprint density at radius 1 is 1.44 bits per heavy atom. The molecule has 1 aliphatic rings. The fourth-order valence-corrected chi connectivity index (χ4v) is 1.77. The molecule has 4 nitrogen and oxygen atoms in total. The van der Waals surface area contributed by atoms with Crippen LogP contribution in [0.15, 0.2) is 18.2 Å². The van der Waals surface area contributed by atoms with Crippen LogP contribution in [0.5, 0.6) is 0 Å². The Hall–Kier alpha value is -1.71. The SMILES string of the molecule is CC.CNC(=O)N1CCc2cc(N)ccc21. The summed E-state index contributed by atoms with van der Waals surface area (Å²) in [5.74, 6) is 0. The van der Waals surface area contributed by atoms with Crippen LogP contribution in [0.2, 0.25) is 0 Å². The molecule has 2 rings (SSSR count). The number of carbonyl (C=O) groups excluding carboxylic acids is 1. The Morgan fingerprint density at radius 3 is 2.75 bits per heavy atom. The summed E-state index contributed by atoms with van der Waals surface area (Å²) < 4.78 is 0. The number of rotatable bonds is 0. The molecular weight excluding hydrogens is 202 g/mol. The third-order valence-electron chi connectivity index (χ3n) is 2.46. The first-order chi connectivity index (χ1) is 7.72. The number of anilines is 2. The third kappa shape index (κ3) is 2.27. The van der Waals surface area contributed by atoms with Crippen LogP contribution < -0.4 is 16.0 Å². The van der Waals surface area contributed by atoms with E-state index >= 15 is 0 Å². The summed E-state index contributed by atoms with van der Waals surface area (Å²) in [6.07, 6.45) is 0.883. The zero-order chi connectivity index (χ0) is 12.1. The van der Waals surface area contributed by atoms with Gasteiger partial charge >= 0.3 is 6.03 Å². The van der Waals surface area contributed by atoms with E-state index in [9.17, 15) is 4.79 Å². The molecular formula is C12H19N3O. The monoisotopic (exact) mass is 221 g/mol. The van der Waals surface area contributed by atoms with Crippen LogP contribution in [-0.2, 0) is 6.42 Å². The lowest BCUT2D eigenvalue weighted by Gasteiger charge is -2.16. The lowest BCUT2D eigenvalue weighted by molar-refractivity contribution is 0.248. The molecule has 16 heavy (non-hydrogen) atoms. The number of nitrogen functional groups attached to an aromatic ring is 1. The van der Waals surface area contributed by atoms with Crippen LogP contribution in [0.1, 0.15) is 19.4 Å². The van der Waals surface area contributed by atoms with E-state index in [1.54, 1.807) is 11.9 Å². The zero-order valence-electron chi connectivity index (χ0n) is 10.1. The molecule has 4 heteroatoms. The molecule has 1 heterocycles. The quantitative estimate of drug-likeness (QED) is 0.658. The Kier molecular flexibility index (Phi) is 4.17. The minimum absolute atomic E-state index is 0.0616. The first-order valence-corrected chi connectivity index (χ1v) is 5.60. The van der Waals surface area contributed by atoms with Crippen LogP contribution in [0.3, 0.4) is 0 Å². The molecule has 0 fully saturated rings. The highest BCUT2D eigenvalue weighted by molar-refractivity contribution is 5.94. The smallest absolute Gasteiger partial charge is 0.321 e. The minimum atomic E-state index is -0.0616. The van der Waals surface area contributed by atoms with E-state index in [0.29, 0.717) is 0 Å². The van der Waals surface area contributed by atoms with Gasteiger partial charge in [-0.25, -0.2) is 4.79 Å². The third-order valence-corrected chi connectivity index (χ3v) is 2.46. The van der Waals surface area contributed by atoms with Crippen LogP contribution in [-0.4, -0.2) is 19.6 Å². The lowest BCUT2D eigenvalue weighted by Crippen LogP contribution is -2.36. The highest BCUT2D eigenvalue weighted by Gasteiger charge is 2.23. The van der Waals surface area contributed by atoms with E-state index in [4.69, 9.17) is 5.73 Å². The van der Waals surface area contributed by atoms with Gasteiger partial charge in [0.1, 0.15) is 0 Å². The Morgan fingerprint density at radius 2 is 2.12 bits per heavy atom. The number of nitrogens with two attached hydrogens (primary N) is 1. The van der Waals surface area contributed by atoms with Gasteiger partial charge < -0.3 is 11.1 Å². The molecule has 2 amide bonds. The van der Waals surface area contributed by atoms with Crippen molar-refractivity contribution in [3.8, 4) is 0 Å². The first-order valence-electron chi connectivity index (χ1n) is 5.60. The molecule has 0 bridgehead atoms. The maximum atomic E-state index is 11.4. The molecule has 1 aromatic rings. The van der Waals surface area contributed by atoms with Gasteiger partial charge in [-0.05, 0) is 30.2 Å². The number of hydrogen-bond donors (Lipinski definition) is 2. The van der Waals surface area contributed by atoms with Crippen molar-refractivity contribution in [1.82, 2.24) is 5.32 Å². The molecule has 0 radical (unpaired) electrons. The number of benzene rings is 1. The molecule has 1 aromatic carbocycles. The summed E-state index contributed by atoms with van der Waals surface area (Å²) in [7, 11) is 1.64. The van der Waals surface area contributed by atoms with Gasteiger partial charge in [-0.3, -0.25) is 4.90 Å². The number of urea groups is 1. The second-order valence-corrected chi connectivity index (χ2v) is 3.34. The predicted octanol–water partition coefficient (Wildman–Crippen LogP) is 2.00. The van der Waals surface area contributed by atoms with Gasteiger partial charge in [-0.2, -0.15) is 0 Å². The van der Waals surface area contributed by atoms with Crippen LogP contribution in [0.25, 0.3) is 0 Å². The topological polar surface area (TPSA) is 58.4 Å². The summed E-state index contributed by atoms with van der Waals surface area (Å²) in [6.45, 7) is 4.73. The predicted molar refractivity (Wildman–Crippen MR) is 67.7 cm³/mol. The lowest BCUT2D eigenvalue weighted by atomic mass is 10.1. The normalized spacial score (nSPS) is 12.6. The molecule has 0 aromatic heterocycles. The number of nitrogens with one attached hydrogen (secondary N) is 1. The molecule has 0 atom stereocenters. The Balaban J connectivity index is 0.000000606. The highest BCUT2D eigenvalue weighted by Crippen LogP contribution is 2.29. The van der Waals surface area contributed by atoms with Gasteiger partial charge in [0.25, 0.3) is 0 Å². The van der Waals surface area contributed by atoms with Crippen molar-refractivity contribution in [3.05, 3.63) is 23.8 Å². The van der Waals surface area contributed by atoms with E-state index in [1.807, 2.05) is 32.0 Å². The maximum absolute atomic E-state index is 11.4. The van der Waals surface area contributed by atoms with Gasteiger partial charge in [-0.15, -0.1) is 0 Å². The van der Waals surface area contributed by atoms with Gasteiger partial charge in [0.05, 0.1) is 0 Å². The fourth-order valence-electron chi connectivity index (χ4n) is 1.77. The molecule has 0 saturated heterocycles. The molecule has 0 unspecified atom stereocenters. The van der Waals surface area contributed by atoms with Crippen molar-refractivity contribution < 1.29 is 4.79 Å². The average Bonchev–Trinajstić information content (AvgIpc) is 2.73.